The summed E-state index contributed by atoms with van der Waals surface area (Å²) < 4.78 is 50.6. The van der Waals surface area contributed by atoms with Gasteiger partial charge in [0, 0.05) is 6.04 Å². The van der Waals surface area contributed by atoms with Crippen molar-refractivity contribution in [3.63, 3.8) is 0 Å². The molecule has 0 spiro atoms. The first-order chi connectivity index (χ1) is 7.36. The van der Waals surface area contributed by atoms with E-state index in [4.69, 9.17) is 5.73 Å². The highest BCUT2D eigenvalue weighted by molar-refractivity contribution is 5.85. The van der Waals surface area contributed by atoms with E-state index in [0.29, 0.717) is 6.07 Å². The summed E-state index contributed by atoms with van der Waals surface area (Å²) in [5, 5.41) is 0. The molecule has 0 aliphatic heterocycles. The third kappa shape index (κ3) is 4.02. The molecule has 96 valence electrons. The monoisotopic (exact) mass is 269 g/mol. The van der Waals surface area contributed by atoms with E-state index in [1.807, 2.05) is 0 Å². The first-order valence-corrected chi connectivity index (χ1v) is 4.59. The lowest BCUT2D eigenvalue weighted by Crippen LogP contribution is -2.17. The molecule has 0 radical (unpaired) electrons. The summed E-state index contributed by atoms with van der Waals surface area (Å²) in [5.74, 6) is -0.734. The van der Waals surface area contributed by atoms with Gasteiger partial charge in [0.25, 0.3) is 0 Å². The Labute approximate surface area is 103 Å². The van der Waals surface area contributed by atoms with Crippen LogP contribution in [0.3, 0.4) is 0 Å². The minimum atomic E-state index is -4.53. The Hall–Kier alpha value is -1.07. The summed E-state index contributed by atoms with van der Waals surface area (Å²) in [6.45, 7) is 3.39. The highest BCUT2D eigenvalue weighted by atomic mass is 35.5. The van der Waals surface area contributed by atoms with Gasteiger partial charge in [-0.05, 0) is 30.2 Å². The number of hydrogen-bond donors (Lipinski definition) is 1. The zero-order chi connectivity index (χ0) is 12.3. The van der Waals surface area contributed by atoms with Crippen LogP contribution in [-0.2, 0) is 6.18 Å². The third-order valence-corrected chi connectivity index (χ3v) is 2.14. The Bertz CT molecular complexity index is 390. The van der Waals surface area contributed by atoms with E-state index < -0.39 is 23.6 Å². The summed E-state index contributed by atoms with van der Waals surface area (Å²) >= 11 is 0. The SMILES string of the molecule is C=CC[C@@H](N)c1cc(F)ccc1C(F)(F)F.Cl. The standard InChI is InChI=1S/C11H11F4N.ClH/c1-2-3-10(16)8-6-7(12)4-5-9(8)11(13,14)15;/h2,4-6,10H,1,3,16H2;1H/t10-;/m1./s1. The van der Waals surface area contributed by atoms with E-state index >= 15 is 0 Å². The van der Waals surface area contributed by atoms with Crippen LogP contribution in [0.25, 0.3) is 0 Å². The van der Waals surface area contributed by atoms with Crippen LogP contribution in [0.4, 0.5) is 17.6 Å². The van der Waals surface area contributed by atoms with Gasteiger partial charge < -0.3 is 5.73 Å². The average Bonchev–Trinajstić information content (AvgIpc) is 2.16. The maximum absolute atomic E-state index is 12.9. The Morgan fingerprint density at radius 1 is 1.35 bits per heavy atom. The van der Waals surface area contributed by atoms with Crippen LogP contribution in [-0.4, -0.2) is 0 Å². The summed E-state index contributed by atoms with van der Waals surface area (Å²) in [6, 6.07) is 1.39. The quantitative estimate of drug-likeness (QED) is 0.655. The van der Waals surface area contributed by atoms with E-state index in [1.54, 1.807) is 0 Å². The second kappa shape index (κ2) is 6.02. The van der Waals surface area contributed by atoms with Crippen LogP contribution < -0.4 is 5.73 Å². The molecule has 0 aliphatic rings. The predicted octanol–water partition coefficient (Wildman–Crippen LogP) is 3.84. The fourth-order valence-electron chi connectivity index (χ4n) is 1.41. The number of hydrogen-bond acceptors (Lipinski definition) is 1. The predicted molar refractivity (Wildman–Crippen MR) is 60.4 cm³/mol. The number of alkyl halides is 3. The van der Waals surface area contributed by atoms with Gasteiger partial charge in [-0.25, -0.2) is 4.39 Å². The third-order valence-electron chi connectivity index (χ3n) is 2.14. The fraction of sp³-hybridized carbons (Fsp3) is 0.273. The average molecular weight is 270 g/mol. The van der Waals surface area contributed by atoms with E-state index in [-0.39, 0.29) is 24.4 Å². The highest BCUT2D eigenvalue weighted by Crippen LogP contribution is 2.35. The van der Waals surface area contributed by atoms with Crippen molar-refractivity contribution in [3.8, 4) is 0 Å². The van der Waals surface area contributed by atoms with Gasteiger partial charge in [0.05, 0.1) is 5.56 Å². The van der Waals surface area contributed by atoms with Crippen LogP contribution in [0.1, 0.15) is 23.6 Å². The molecule has 1 aromatic carbocycles. The summed E-state index contributed by atoms with van der Waals surface area (Å²) in [7, 11) is 0. The Balaban J connectivity index is 0.00000256. The van der Waals surface area contributed by atoms with Gasteiger partial charge in [0.2, 0.25) is 0 Å². The van der Waals surface area contributed by atoms with Gasteiger partial charge in [-0.1, -0.05) is 6.08 Å². The van der Waals surface area contributed by atoms with Crippen LogP contribution in [0, 0.1) is 5.82 Å². The largest absolute Gasteiger partial charge is 0.416 e. The molecule has 1 atom stereocenters. The number of rotatable bonds is 3. The Morgan fingerprint density at radius 3 is 2.41 bits per heavy atom. The van der Waals surface area contributed by atoms with Gasteiger partial charge in [-0.3, -0.25) is 0 Å². The smallest absolute Gasteiger partial charge is 0.324 e. The second-order valence-corrected chi connectivity index (χ2v) is 3.36. The summed E-state index contributed by atoms with van der Waals surface area (Å²) in [4.78, 5) is 0. The lowest BCUT2D eigenvalue weighted by Gasteiger charge is -2.17. The van der Waals surface area contributed by atoms with Gasteiger partial charge in [0.1, 0.15) is 5.82 Å². The van der Waals surface area contributed by atoms with Crippen molar-refractivity contribution in [2.75, 3.05) is 0 Å². The molecule has 0 fully saturated rings. The Morgan fingerprint density at radius 2 is 1.94 bits per heavy atom. The van der Waals surface area contributed by atoms with Crippen LogP contribution in [0.2, 0.25) is 0 Å². The van der Waals surface area contributed by atoms with E-state index in [1.165, 1.54) is 6.08 Å². The molecular weight excluding hydrogens is 258 g/mol. The van der Waals surface area contributed by atoms with Gasteiger partial charge in [0.15, 0.2) is 0 Å². The number of benzene rings is 1. The zero-order valence-corrected chi connectivity index (χ0v) is 9.61. The molecule has 0 amide bonds. The fourth-order valence-corrected chi connectivity index (χ4v) is 1.41. The second-order valence-electron chi connectivity index (χ2n) is 3.36. The first kappa shape index (κ1) is 15.9. The van der Waals surface area contributed by atoms with Crippen molar-refractivity contribution in [1.29, 1.82) is 0 Å². The van der Waals surface area contributed by atoms with Gasteiger partial charge in [-0.15, -0.1) is 19.0 Å². The molecule has 0 saturated heterocycles. The molecule has 0 aromatic heterocycles. The van der Waals surface area contributed by atoms with Gasteiger partial charge in [-0.2, -0.15) is 13.2 Å². The molecule has 0 bridgehead atoms. The molecular formula is C11H12ClF4N. The van der Waals surface area contributed by atoms with Crippen LogP contribution >= 0.6 is 12.4 Å². The maximum atomic E-state index is 12.9. The molecule has 0 saturated carbocycles. The first-order valence-electron chi connectivity index (χ1n) is 4.59. The molecule has 17 heavy (non-hydrogen) atoms. The van der Waals surface area contributed by atoms with Crippen molar-refractivity contribution in [3.05, 3.63) is 47.8 Å². The maximum Gasteiger partial charge on any atom is 0.416 e. The molecule has 0 heterocycles. The van der Waals surface area contributed by atoms with Crippen molar-refractivity contribution < 1.29 is 17.6 Å². The lowest BCUT2D eigenvalue weighted by atomic mass is 9.98. The zero-order valence-electron chi connectivity index (χ0n) is 8.80. The van der Waals surface area contributed by atoms with Crippen LogP contribution in [0.5, 0.6) is 0 Å². The number of halogens is 5. The highest BCUT2D eigenvalue weighted by Gasteiger charge is 2.34. The molecule has 1 rings (SSSR count). The van der Waals surface area contributed by atoms with Crippen molar-refractivity contribution >= 4 is 12.4 Å². The normalized spacial score (nSPS) is 12.8. The molecule has 1 aromatic rings. The molecule has 6 heteroatoms. The van der Waals surface area contributed by atoms with Crippen molar-refractivity contribution in [1.82, 2.24) is 0 Å². The minimum absolute atomic E-state index is 0. The van der Waals surface area contributed by atoms with Gasteiger partial charge >= 0.3 is 6.18 Å². The van der Waals surface area contributed by atoms with Crippen molar-refractivity contribution in [2.24, 2.45) is 5.73 Å². The van der Waals surface area contributed by atoms with E-state index in [0.717, 1.165) is 12.1 Å². The molecule has 0 unspecified atom stereocenters. The molecule has 2 N–H and O–H groups in total. The van der Waals surface area contributed by atoms with E-state index in [9.17, 15) is 17.6 Å². The molecule has 0 aliphatic carbocycles. The lowest BCUT2D eigenvalue weighted by molar-refractivity contribution is -0.138. The molecule has 1 nitrogen and oxygen atoms in total. The topological polar surface area (TPSA) is 26.0 Å². The van der Waals surface area contributed by atoms with Crippen molar-refractivity contribution in [2.45, 2.75) is 18.6 Å². The van der Waals surface area contributed by atoms with E-state index in [2.05, 4.69) is 6.58 Å². The van der Waals surface area contributed by atoms with Crippen LogP contribution in [0.15, 0.2) is 30.9 Å². The summed E-state index contributed by atoms with van der Waals surface area (Å²) in [6.07, 6.45) is -2.97. The minimum Gasteiger partial charge on any atom is -0.324 e. The Kier molecular flexibility index (Phi) is 5.64. The number of nitrogens with two attached hydrogens (primary N) is 1. The summed E-state index contributed by atoms with van der Waals surface area (Å²) in [5.41, 5.74) is 4.39.